The van der Waals surface area contributed by atoms with Crippen LogP contribution in [0, 0.1) is 29.6 Å². The lowest BCUT2D eigenvalue weighted by Gasteiger charge is -2.47. The number of aliphatic hydroxyl groups is 2. The van der Waals surface area contributed by atoms with Crippen molar-refractivity contribution in [1.29, 1.82) is 0 Å². The fraction of sp³-hybridized carbons (Fsp3) is 0.731. The fourth-order valence-electron chi connectivity index (χ4n) is 10.7. The van der Waals surface area contributed by atoms with Gasteiger partial charge in [0.1, 0.15) is 41.6 Å². The molecule has 1 aliphatic carbocycles. The molecule has 14 nitrogen and oxygen atoms in total. The van der Waals surface area contributed by atoms with E-state index in [0.717, 1.165) is 29.7 Å². The molecule has 4 aliphatic rings. The first-order chi connectivity index (χ1) is 31.4. The van der Waals surface area contributed by atoms with Crippen molar-refractivity contribution in [1.82, 2.24) is 10.2 Å². The van der Waals surface area contributed by atoms with Gasteiger partial charge in [0, 0.05) is 51.6 Å². The number of Topliss-reactive ketones (excluding diaryl/α,β-unsaturated/α-hetero) is 2. The number of esters is 1. The molecule has 0 aromatic heterocycles. The summed E-state index contributed by atoms with van der Waals surface area (Å²) >= 11 is 0. The van der Waals surface area contributed by atoms with E-state index in [0.29, 0.717) is 63.7 Å². The molecule has 2 bridgehead atoms. The molecular weight excluding hydrogens is 845 g/mol. The van der Waals surface area contributed by atoms with E-state index in [2.05, 4.69) is 24.4 Å². The molecule has 0 radical (unpaired) electrons. The number of methoxy groups -OCH3 is 3. The minimum atomic E-state index is -2.48. The maximum absolute atomic E-state index is 14.6. The molecule has 3 fully saturated rings. The topological polar surface area (TPSA) is 179 Å². The van der Waals surface area contributed by atoms with Gasteiger partial charge in [0.15, 0.2) is 0 Å². The van der Waals surface area contributed by atoms with Gasteiger partial charge >= 0.3 is 5.97 Å². The van der Waals surface area contributed by atoms with Crippen LogP contribution in [0.4, 0.5) is 0 Å². The number of carbonyl (C=O) groups excluding carboxylic acids is 4. The number of amides is 1. The van der Waals surface area contributed by atoms with Gasteiger partial charge in [0.2, 0.25) is 5.79 Å². The van der Waals surface area contributed by atoms with Crippen molar-refractivity contribution >= 4 is 23.4 Å². The summed E-state index contributed by atoms with van der Waals surface area (Å²) in [4.78, 5) is 58.6. The third-order valence-electron chi connectivity index (χ3n) is 14.5. The zero-order valence-corrected chi connectivity index (χ0v) is 41.3. The number of allylic oxidation sites excluding steroid dienone is 3. The summed E-state index contributed by atoms with van der Waals surface area (Å²) in [7, 11) is 4.73. The van der Waals surface area contributed by atoms with Crippen molar-refractivity contribution in [2.24, 2.45) is 29.6 Å². The number of hydrogen-bond acceptors (Lipinski definition) is 13. The summed E-state index contributed by atoms with van der Waals surface area (Å²) in [5.74, 6) is -4.92. The second kappa shape index (κ2) is 24.6. The van der Waals surface area contributed by atoms with Gasteiger partial charge in [0.25, 0.3) is 11.7 Å². The number of cyclic esters (lactones) is 1. The molecule has 13 unspecified atom stereocenters. The Labute approximate surface area is 393 Å². The zero-order valence-electron chi connectivity index (χ0n) is 41.3. The Bertz CT molecular complexity index is 1830. The highest BCUT2D eigenvalue weighted by atomic mass is 16.7. The molecule has 2 saturated heterocycles. The van der Waals surface area contributed by atoms with Crippen LogP contribution in [0.5, 0.6) is 11.5 Å². The van der Waals surface area contributed by atoms with Gasteiger partial charge in [-0.05, 0) is 139 Å². The van der Waals surface area contributed by atoms with E-state index in [1.807, 2.05) is 52.0 Å². The van der Waals surface area contributed by atoms with Crippen LogP contribution in [0.1, 0.15) is 126 Å². The number of fused-ring (bicyclic) bond motifs is 3. The van der Waals surface area contributed by atoms with E-state index >= 15 is 0 Å². The maximum Gasteiger partial charge on any atom is 0.329 e. The van der Waals surface area contributed by atoms with Crippen molar-refractivity contribution in [2.45, 2.75) is 180 Å². The molecule has 14 atom stereocenters. The van der Waals surface area contributed by atoms with E-state index in [-0.39, 0.29) is 61.0 Å². The first-order valence-electron chi connectivity index (χ1n) is 24.5. The number of carbonyl (C=O) groups is 4. The van der Waals surface area contributed by atoms with Crippen molar-refractivity contribution < 1.29 is 57.8 Å². The van der Waals surface area contributed by atoms with Gasteiger partial charge in [-0.1, -0.05) is 45.4 Å². The predicted octanol–water partition coefficient (Wildman–Crippen LogP) is 6.92. The minimum absolute atomic E-state index is 0.0118. The molecule has 3 aliphatic heterocycles. The van der Waals surface area contributed by atoms with E-state index < -0.39 is 65.9 Å². The van der Waals surface area contributed by atoms with Crippen LogP contribution in [0.2, 0.25) is 0 Å². The minimum Gasteiger partial charge on any atom is -0.497 e. The number of piperidine rings is 1. The van der Waals surface area contributed by atoms with E-state index in [9.17, 15) is 29.4 Å². The molecule has 1 aromatic carbocycles. The summed E-state index contributed by atoms with van der Waals surface area (Å²) in [6.07, 6.45) is 7.34. The fourth-order valence-corrected chi connectivity index (χ4v) is 10.7. The third-order valence-corrected chi connectivity index (χ3v) is 14.5. The summed E-state index contributed by atoms with van der Waals surface area (Å²) in [5.41, 5.74) is 1.90. The predicted molar refractivity (Wildman–Crippen MR) is 251 cm³/mol. The van der Waals surface area contributed by atoms with E-state index in [4.69, 9.17) is 28.4 Å². The highest BCUT2D eigenvalue weighted by Gasteiger charge is 2.56. The molecule has 370 valence electrons. The Morgan fingerprint density at radius 3 is 2.27 bits per heavy atom. The lowest BCUT2D eigenvalue weighted by atomic mass is 9.81. The van der Waals surface area contributed by atoms with Gasteiger partial charge in [-0.3, -0.25) is 14.4 Å². The Balaban J connectivity index is 1.48. The van der Waals surface area contributed by atoms with Crippen LogP contribution in [-0.4, -0.2) is 127 Å². The van der Waals surface area contributed by atoms with E-state index in [1.165, 1.54) is 4.90 Å². The third kappa shape index (κ3) is 13.5. The number of nitrogens with one attached hydrogen (secondary N) is 1. The van der Waals surface area contributed by atoms with Gasteiger partial charge in [0.05, 0.1) is 25.4 Å². The van der Waals surface area contributed by atoms with Gasteiger partial charge in [-0.25, -0.2) is 4.79 Å². The smallest absolute Gasteiger partial charge is 0.329 e. The maximum atomic E-state index is 14.6. The first kappa shape index (κ1) is 53.3. The normalized spacial score (nSPS) is 35.5. The second-order valence-corrected chi connectivity index (χ2v) is 19.9. The second-order valence-electron chi connectivity index (χ2n) is 19.9. The zero-order chi connectivity index (χ0) is 48.3. The number of hydrogen-bond donors (Lipinski definition) is 3. The van der Waals surface area contributed by atoms with Crippen molar-refractivity contribution in [3.8, 4) is 11.5 Å². The highest BCUT2D eigenvalue weighted by molar-refractivity contribution is 6.39. The number of ether oxygens (including phenoxy) is 6. The van der Waals surface area contributed by atoms with Crippen molar-refractivity contribution in [3.05, 3.63) is 47.6 Å². The molecule has 1 saturated carbocycles. The molecule has 14 heteroatoms. The van der Waals surface area contributed by atoms with Gasteiger partial charge in [-0.2, -0.15) is 0 Å². The number of rotatable bonds is 11. The number of aliphatic hydroxyl groups excluding tert-OH is 1. The number of benzene rings is 1. The summed E-state index contributed by atoms with van der Waals surface area (Å²) in [5, 5.41) is 25.8. The summed E-state index contributed by atoms with van der Waals surface area (Å²) < 4.78 is 36.6. The number of ketones is 2. The van der Waals surface area contributed by atoms with Gasteiger partial charge in [-0.15, -0.1) is 0 Å². The standard InChI is InChI=1S/C52H80N2O12/c1-11-38-25-31(2)24-32(3)26-45(62-9)48-46(63-10)28-35(6)52(60,66-48)49(57)50(58)54-23-13-12-14-42(54)51(59)65-47(33(4)15-22-43(38)56)34(5)27-37-16-21-41(53-30-36(7)55)44(29-37)64-40-19-17-39(61-8)18-20-40/h17-20,25,27,32-33,35-38,41-42,44-48,53,55,60H,11-16,21-24,26,28-30H2,1-10H3/t32?,33?,35?,36-,37?,38?,41?,42?,44?,45?,46?,47?,48?,52?/m1/s1. The molecule has 5 rings (SSSR count). The molecule has 1 aromatic rings. The van der Waals surface area contributed by atoms with Crippen LogP contribution in [0.3, 0.4) is 0 Å². The molecule has 0 spiro atoms. The summed E-state index contributed by atoms with van der Waals surface area (Å²) in [6, 6.07) is 6.39. The Morgan fingerprint density at radius 1 is 0.939 bits per heavy atom. The average Bonchev–Trinajstić information content (AvgIpc) is 3.30. The highest BCUT2D eigenvalue weighted by Crippen LogP contribution is 2.39. The Kier molecular flexibility index (Phi) is 19.8. The largest absolute Gasteiger partial charge is 0.497 e. The number of nitrogens with zero attached hydrogens (tertiary/aromatic N) is 1. The molecular formula is C52H80N2O12. The monoisotopic (exact) mass is 925 g/mol. The van der Waals surface area contributed by atoms with Crippen molar-refractivity contribution in [3.63, 3.8) is 0 Å². The van der Waals surface area contributed by atoms with Crippen LogP contribution in [-0.2, 0) is 38.1 Å². The summed E-state index contributed by atoms with van der Waals surface area (Å²) in [6.45, 7) is 14.1. The Hall–Kier alpha value is -3.66. The Morgan fingerprint density at radius 2 is 1.62 bits per heavy atom. The lowest BCUT2D eigenvalue weighted by molar-refractivity contribution is -0.302. The van der Waals surface area contributed by atoms with Crippen LogP contribution in [0.15, 0.2) is 47.6 Å². The van der Waals surface area contributed by atoms with Crippen molar-refractivity contribution in [2.75, 3.05) is 34.4 Å². The quantitative estimate of drug-likeness (QED) is 0.118. The molecule has 66 heavy (non-hydrogen) atoms. The first-order valence-corrected chi connectivity index (χ1v) is 24.5. The molecule has 3 N–H and O–H groups in total. The van der Waals surface area contributed by atoms with E-state index in [1.54, 1.807) is 35.2 Å². The molecule has 3 heterocycles. The van der Waals surface area contributed by atoms with Crippen LogP contribution in [0.25, 0.3) is 0 Å². The lowest BCUT2D eigenvalue weighted by Crippen LogP contribution is -2.64. The van der Waals surface area contributed by atoms with Crippen LogP contribution < -0.4 is 14.8 Å². The van der Waals surface area contributed by atoms with Gasteiger partial charge < -0.3 is 48.9 Å². The SMILES string of the molecule is CCC1C=C(C)CC(C)CC(OC)C2OC(O)(C(=O)C(=O)N3CCCCC3C(=O)OC(C(C)=CC3CCC(NC[C@@H](C)O)C(Oc4ccc(OC)cc4)C3)C(C)CCC1=O)C(C)CC2OC. The molecule has 1 amide bonds. The van der Waals surface area contributed by atoms with Crippen LogP contribution >= 0.6 is 0 Å². The average molecular weight is 925 g/mol.